The van der Waals surface area contributed by atoms with Crippen molar-refractivity contribution in [3.63, 3.8) is 0 Å². The Bertz CT molecular complexity index is 407. The summed E-state index contributed by atoms with van der Waals surface area (Å²) in [5.74, 6) is 1.73. The lowest BCUT2D eigenvalue weighted by atomic mass is 10.00. The number of hydrogen-bond acceptors (Lipinski definition) is 3. The molecule has 3 unspecified atom stereocenters. The normalized spacial score (nSPS) is 24.7. The molecule has 3 atom stereocenters. The molecule has 3 nitrogen and oxygen atoms in total. The van der Waals surface area contributed by atoms with Crippen LogP contribution in [0.2, 0.25) is 0 Å². The average Bonchev–Trinajstić information content (AvgIpc) is 2.84. The van der Waals surface area contributed by atoms with Crippen LogP contribution in [0.15, 0.2) is 24.3 Å². The minimum absolute atomic E-state index is 0.517. The Morgan fingerprint density at radius 1 is 1.37 bits per heavy atom. The summed E-state index contributed by atoms with van der Waals surface area (Å²) in [6.45, 7) is 6.87. The van der Waals surface area contributed by atoms with Crippen molar-refractivity contribution in [2.45, 2.75) is 32.4 Å². The number of likely N-dealkylation sites (N-methyl/N-ethyl adjacent to an activating group) is 1. The van der Waals surface area contributed by atoms with E-state index in [9.17, 15) is 0 Å². The van der Waals surface area contributed by atoms with Crippen LogP contribution in [0.1, 0.15) is 19.4 Å². The molecule has 1 aliphatic heterocycles. The van der Waals surface area contributed by atoms with E-state index in [-0.39, 0.29) is 0 Å². The zero-order valence-corrected chi connectivity index (χ0v) is 12.5. The maximum Gasteiger partial charge on any atom is 0.122 e. The zero-order chi connectivity index (χ0) is 13.8. The highest BCUT2D eigenvalue weighted by atomic mass is 16.5. The van der Waals surface area contributed by atoms with Gasteiger partial charge in [-0.05, 0) is 44.5 Å². The van der Waals surface area contributed by atoms with Crippen molar-refractivity contribution in [1.82, 2.24) is 10.2 Å². The molecule has 0 radical (unpaired) electrons. The third kappa shape index (κ3) is 3.28. The number of nitrogens with one attached hydrogen (secondary N) is 1. The molecule has 1 aromatic carbocycles. The lowest BCUT2D eigenvalue weighted by Gasteiger charge is -2.33. The van der Waals surface area contributed by atoms with E-state index in [4.69, 9.17) is 4.74 Å². The molecule has 0 aromatic heterocycles. The second-order valence-corrected chi connectivity index (χ2v) is 5.73. The second kappa shape index (κ2) is 6.40. The van der Waals surface area contributed by atoms with Crippen LogP contribution >= 0.6 is 0 Å². The maximum absolute atomic E-state index is 5.44. The summed E-state index contributed by atoms with van der Waals surface area (Å²) in [6, 6.07) is 9.49. The van der Waals surface area contributed by atoms with E-state index in [1.54, 1.807) is 7.11 Å². The van der Waals surface area contributed by atoms with Gasteiger partial charge in [-0.1, -0.05) is 25.1 Å². The predicted octanol–water partition coefficient (Wildman–Crippen LogP) is 2.17. The topological polar surface area (TPSA) is 24.5 Å². The molecule has 2 rings (SSSR count). The molecule has 19 heavy (non-hydrogen) atoms. The molecule has 3 heteroatoms. The molecular formula is C16H26N2O. The fourth-order valence-corrected chi connectivity index (χ4v) is 3.00. The predicted molar refractivity (Wildman–Crippen MR) is 79.7 cm³/mol. The van der Waals surface area contributed by atoms with Crippen LogP contribution in [0.5, 0.6) is 5.75 Å². The first-order valence-corrected chi connectivity index (χ1v) is 7.18. The van der Waals surface area contributed by atoms with E-state index in [1.165, 1.54) is 5.56 Å². The number of methoxy groups -OCH3 is 1. The van der Waals surface area contributed by atoms with Crippen molar-refractivity contribution < 1.29 is 4.74 Å². The van der Waals surface area contributed by atoms with Crippen molar-refractivity contribution >= 4 is 0 Å². The summed E-state index contributed by atoms with van der Waals surface area (Å²) in [6.07, 6.45) is 1.03. The highest BCUT2D eigenvalue weighted by molar-refractivity contribution is 5.33. The fourth-order valence-electron chi connectivity index (χ4n) is 3.00. The van der Waals surface area contributed by atoms with E-state index in [2.05, 4.69) is 43.2 Å². The molecule has 1 aliphatic rings. The minimum atomic E-state index is 0.517. The first-order chi connectivity index (χ1) is 9.13. The van der Waals surface area contributed by atoms with Gasteiger partial charge in [-0.2, -0.15) is 0 Å². The molecule has 0 bridgehead atoms. The van der Waals surface area contributed by atoms with Crippen LogP contribution in [0.3, 0.4) is 0 Å². The van der Waals surface area contributed by atoms with Crippen molar-refractivity contribution in [3.05, 3.63) is 29.8 Å². The van der Waals surface area contributed by atoms with E-state index < -0.39 is 0 Å². The molecular weight excluding hydrogens is 236 g/mol. The molecule has 0 aliphatic carbocycles. The lowest BCUT2D eigenvalue weighted by molar-refractivity contribution is 0.165. The standard InChI is InChI=1S/C16H26N2O/c1-12-10-17-11-15(12)18(3)13(2)9-14-7-5-6-8-16(14)19-4/h5-8,12-13,15,17H,9-11H2,1-4H3. The number of benzene rings is 1. The Labute approximate surface area is 116 Å². The molecule has 1 heterocycles. The Morgan fingerprint density at radius 3 is 2.74 bits per heavy atom. The summed E-state index contributed by atoms with van der Waals surface area (Å²) in [5, 5.41) is 3.48. The van der Waals surface area contributed by atoms with Gasteiger partial charge in [0.2, 0.25) is 0 Å². The van der Waals surface area contributed by atoms with Crippen LogP contribution in [-0.4, -0.2) is 44.2 Å². The van der Waals surface area contributed by atoms with Crippen LogP contribution in [0, 0.1) is 5.92 Å². The van der Waals surface area contributed by atoms with Crippen molar-refractivity contribution in [3.8, 4) is 5.75 Å². The van der Waals surface area contributed by atoms with Crippen LogP contribution < -0.4 is 10.1 Å². The number of para-hydroxylation sites is 1. The second-order valence-electron chi connectivity index (χ2n) is 5.73. The monoisotopic (exact) mass is 262 g/mol. The van der Waals surface area contributed by atoms with Crippen LogP contribution in [0.4, 0.5) is 0 Å². The summed E-state index contributed by atoms with van der Waals surface area (Å²) >= 11 is 0. The van der Waals surface area contributed by atoms with Gasteiger partial charge in [0.15, 0.2) is 0 Å². The number of ether oxygens (including phenoxy) is 1. The maximum atomic E-state index is 5.44. The van der Waals surface area contributed by atoms with Gasteiger partial charge in [0.1, 0.15) is 5.75 Å². The third-order valence-corrected chi connectivity index (χ3v) is 4.40. The molecule has 106 valence electrons. The quantitative estimate of drug-likeness (QED) is 0.880. The molecule has 0 amide bonds. The van der Waals surface area contributed by atoms with Gasteiger partial charge in [0.25, 0.3) is 0 Å². The Kier molecular flexibility index (Phi) is 4.83. The van der Waals surface area contributed by atoms with Crippen molar-refractivity contribution in [1.29, 1.82) is 0 Å². The Hall–Kier alpha value is -1.06. The van der Waals surface area contributed by atoms with E-state index in [0.717, 1.165) is 31.2 Å². The van der Waals surface area contributed by atoms with E-state index in [1.807, 2.05) is 12.1 Å². The highest BCUT2D eigenvalue weighted by Crippen LogP contribution is 2.23. The van der Waals surface area contributed by atoms with E-state index >= 15 is 0 Å². The van der Waals surface area contributed by atoms with Gasteiger partial charge in [-0.3, -0.25) is 4.90 Å². The highest BCUT2D eigenvalue weighted by Gasteiger charge is 2.29. The molecule has 1 N–H and O–H groups in total. The summed E-state index contributed by atoms with van der Waals surface area (Å²) < 4.78 is 5.44. The number of nitrogens with zero attached hydrogens (tertiary/aromatic N) is 1. The van der Waals surface area contributed by atoms with E-state index in [0.29, 0.717) is 12.1 Å². The van der Waals surface area contributed by atoms with Crippen LogP contribution in [-0.2, 0) is 6.42 Å². The van der Waals surface area contributed by atoms with Gasteiger partial charge in [0.05, 0.1) is 7.11 Å². The van der Waals surface area contributed by atoms with Gasteiger partial charge in [0, 0.05) is 18.6 Å². The van der Waals surface area contributed by atoms with Crippen molar-refractivity contribution in [2.24, 2.45) is 5.92 Å². The molecule has 1 aromatic rings. The third-order valence-electron chi connectivity index (χ3n) is 4.40. The zero-order valence-electron chi connectivity index (χ0n) is 12.5. The van der Waals surface area contributed by atoms with Gasteiger partial charge in [-0.15, -0.1) is 0 Å². The largest absolute Gasteiger partial charge is 0.496 e. The first-order valence-electron chi connectivity index (χ1n) is 7.18. The summed E-state index contributed by atoms with van der Waals surface area (Å²) in [4.78, 5) is 2.51. The first kappa shape index (κ1) is 14.4. The molecule has 0 spiro atoms. The van der Waals surface area contributed by atoms with Crippen molar-refractivity contribution in [2.75, 3.05) is 27.2 Å². The Balaban J connectivity index is 2.01. The fraction of sp³-hybridized carbons (Fsp3) is 0.625. The van der Waals surface area contributed by atoms with Gasteiger partial charge < -0.3 is 10.1 Å². The summed E-state index contributed by atoms with van der Waals surface area (Å²) in [7, 11) is 3.99. The van der Waals surface area contributed by atoms with Crippen LogP contribution in [0.25, 0.3) is 0 Å². The number of rotatable bonds is 5. The smallest absolute Gasteiger partial charge is 0.122 e. The molecule has 1 fully saturated rings. The molecule has 0 saturated carbocycles. The average molecular weight is 262 g/mol. The van der Waals surface area contributed by atoms with Gasteiger partial charge in [-0.25, -0.2) is 0 Å². The Morgan fingerprint density at radius 2 is 2.11 bits per heavy atom. The van der Waals surface area contributed by atoms with Gasteiger partial charge >= 0.3 is 0 Å². The minimum Gasteiger partial charge on any atom is -0.496 e. The number of hydrogen-bond donors (Lipinski definition) is 1. The SMILES string of the molecule is COc1ccccc1CC(C)N(C)C1CNCC1C. The molecule has 1 saturated heterocycles. The lowest BCUT2D eigenvalue weighted by Crippen LogP contribution is -2.43. The summed E-state index contributed by atoms with van der Waals surface area (Å²) in [5.41, 5.74) is 1.29.